The van der Waals surface area contributed by atoms with Crippen LogP contribution in [0, 0.1) is 79.8 Å². The Balaban J connectivity index is -0.00000155. The lowest BCUT2D eigenvalue weighted by molar-refractivity contribution is -0.135. The van der Waals surface area contributed by atoms with Gasteiger partial charge in [0.15, 0.2) is 28.9 Å². The fraction of sp³-hybridized carbons (Fsp3) is 0.789. The van der Waals surface area contributed by atoms with E-state index in [2.05, 4.69) is 163 Å². The molecule has 2 aromatic carbocycles. The number of Topliss-reactive ketones (excluding diaryl/α,β-unsaturated/α-hetero) is 9. The molecule has 0 aliphatic carbocycles. The number of rotatable bonds is 51. The van der Waals surface area contributed by atoms with Gasteiger partial charge in [0.05, 0.1) is 30.2 Å². The van der Waals surface area contributed by atoms with Gasteiger partial charge in [-0.25, -0.2) is 0 Å². The summed E-state index contributed by atoms with van der Waals surface area (Å²) in [7, 11) is 0. The molecule has 0 saturated carbocycles. The van der Waals surface area contributed by atoms with Gasteiger partial charge < -0.3 is 54.8 Å². The van der Waals surface area contributed by atoms with Crippen LogP contribution in [0.15, 0.2) is 60.7 Å². The number of ketones is 9. The van der Waals surface area contributed by atoms with Crippen LogP contribution in [0.25, 0.3) is 0 Å². The first-order chi connectivity index (χ1) is 59.1. The first-order valence-electron chi connectivity index (χ1n) is 49.5. The maximum absolute atomic E-state index is 13.3. The topological polar surface area (TPSA) is 364 Å². The Bertz CT molecular complexity index is 3400. The zero-order valence-electron chi connectivity index (χ0n) is 90.0. The summed E-state index contributed by atoms with van der Waals surface area (Å²) in [5, 5.41) is 19.6. The molecule has 21 heteroatoms. The molecule has 130 heavy (non-hydrogen) atoms. The molecule has 0 saturated heterocycles. The lowest BCUT2D eigenvalue weighted by Gasteiger charge is -2.32. The molecule has 0 aromatic heterocycles. The predicted octanol–water partition coefficient (Wildman–Crippen LogP) is 19.8. The van der Waals surface area contributed by atoms with Crippen molar-refractivity contribution in [2.24, 2.45) is 103 Å². The van der Waals surface area contributed by atoms with E-state index in [-0.39, 0.29) is 163 Å². The monoisotopic (exact) mass is 1830 g/mol. The number of carbonyl (C=O) groups excluding carboxylic acids is 11. The third kappa shape index (κ3) is 60.4. The number of hydrogen-bond acceptors (Lipinski definition) is 19. The molecule has 0 aliphatic rings. The summed E-state index contributed by atoms with van der Waals surface area (Å²) in [5.41, 5.74) is 21.8. The molecule has 2 rings (SSSR count). The van der Waals surface area contributed by atoms with Crippen LogP contribution >= 0.6 is 0 Å². The average Bonchev–Trinajstić information content (AvgIpc) is 0.856. The molecule has 14 N–H and O–H groups in total. The van der Waals surface area contributed by atoms with Gasteiger partial charge in [-0.2, -0.15) is 0 Å². The Morgan fingerprint density at radius 2 is 0.569 bits per heavy atom. The molecular formula is C109H200N10O11. The van der Waals surface area contributed by atoms with Crippen LogP contribution < -0.4 is 54.8 Å². The summed E-state index contributed by atoms with van der Waals surface area (Å²) < 4.78 is 0. The number of amides is 2. The van der Waals surface area contributed by atoms with E-state index < -0.39 is 33.1 Å². The third-order valence-electron chi connectivity index (χ3n) is 22.4. The van der Waals surface area contributed by atoms with Gasteiger partial charge in [0.2, 0.25) is 11.8 Å². The molecule has 0 radical (unpaired) electrons. The van der Waals surface area contributed by atoms with Gasteiger partial charge in [0, 0.05) is 118 Å². The van der Waals surface area contributed by atoms with E-state index in [1.807, 2.05) is 178 Å². The fourth-order valence-electron chi connectivity index (χ4n) is 15.7. The SMILES string of the molecule is CC(=O)NCCCC(NC(=O)C(CC(C)(C)C)C(C)C)C(=O)C(C)(C)C.CC(C)(C)NC(Cc1ccccc1)C(=O)CC(CCCCN)C(=O)C(C)(C)C.CC(C)(C)NC(Cc1ccccc1)C(=O)CC(CCCCN)C(=O)C(C)(C)C.CC(C)C(NC(C)(C)C)C(=O)CC(CCCCN)C(=O)C(C)(C)C.CC(C)C(NC(C)(C)C)C(=O)CC(CCCCN)C(=O)C(C)(C)C. The van der Waals surface area contributed by atoms with Crippen LogP contribution in [0.3, 0.4) is 0 Å². The van der Waals surface area contributed by atoms with Crippen molar-refractivity contribution in [3.05, 3.63) is 71.8 Å². The zero-order chi connectivity index (χ0) is 102. The lowest BCUT2D eigenvalue weighted by Crippen LogP contribution is -2.51. The lowest BCUT2D eigenvalue weighted by atomic mass is 9.77. The van der Waals surface area contributed by atoms with Crippen molar-refractivity contribution in [3.8, 4) is 0 Å². The minimum atomic E-state index is -0.524. The summed E-state index contributed by atoms with van der Waals surface area (Å²) in [6, 6.07) is 18.6. The Kier molecular flexibility index (Phi) is 59.7. The van der Waals surface area contributed by atoms with Gasteiger partial charge in [-0.15, -0.1) is 0 Å². The summed E-state index contributed by atoms with van der Waals surface area (Å²) in [5.74, 6) is 0.765. The largest absolute Gasteiger partial charge is 0.356 e. The average molecular weight is 1830 g/mol. The third-order valence-corrected chi connectivity index (χ3v) is 22.4. The van der Waals surface area contributed by atoms with Crippen molar-refractivity contribution >= 4 is 63.9 Å². The van der Waals surface area contributed by atoms with Gasteiger partial charge in [0.1, 0.15) is 23.1 Å². The maximum atomic E-state index is 13.3. The molecule has 2 aromatic rings. The zero-order valence-corrected chi connectivity index (χ0v) is 90.0. The Morgan fingerprint density at radius 3 is 0.785 bits per heavy atom. The first-order valence-corrected chi connectivity index (χ1v) is 49.5. The summed E-state index contributed by atoms with van der Waals surface area (Å²) in [4.78, 5) is 140. The molecule has 10 atom stereocenters. The summed E-state index contributed by atoms with van der Waals surface area (Å²) in [6.07, 6.45) is 14.5. The van der Waals surface area contributed by atoms with Gasteiger partial charge in [-0.3, -0.25) is 52.7 Å². The highest BCUT2D eigenvalue weighted by molar-refractivity contribution is 5.96. The molecule has 2 amide bonds. The van der Waals surface area contributed by atoms with Crippen molar-refractivity contribution in [3.63, 3.8) is 0 Å². The van der Waals surface area contributed by atoms with Crippen LogP contribution in [0.2, 0.25) is 0 Å². The molecule has 21 nitrogen and oxygen atoms in total. The highest BCUT2D eigenvalue weighted by Crippen LogP contribution is 2.34. The molecule has 0 spiro atoms. The van der Waals surface area contributed by atoms with Gasteiger partial charge in [0.25, 0.3) is 0 Å². The Labute approximate surface area is 794 Å². The molecule has 0 heterocycles. The van der Waals surface area contributed by atoms with Gasteiger partial charge in [-0.05, 0) is 227 Å². The summed E-state index contributed by atoms with van der Waals surface area (Å²) in [6.45, 7) is 76.8. The first kappa shape index (κ1) is 128. The van der Waals surface area contributed by atoms with E-state index >= 15 is 0 Å². The van der Waals surface area contributed by atoms with Crippen molar-refractivity contribution in [1.82, 2.24) is 31.9 Å². The van der Waals surface area contributed by atoms with E-state index in [9.17, 15) is 52.7 Å². The normalized spacial score (nSPS) is 14.9. The second-order valence-corrected chi connectivity index (χ2v) is 48.5. The van der Waals surface area contributed by atoms with Crippen LogP contribution in [0.1, 0.15) is 389 Å². The van der Waals surface area contributed by atoms with Crippen LogP contribution in [0.5, 0.6) is 0 Å². The number of hydrogen-bond donors (Lipinski definition) is 10. The maximum Gasteiger partial charge on any atom is 0.223 e. The summed E-state index contributed by atoms with van der Waals surface area (Å²) >= 11 is 0. The van der Waals surface area contributed by atoms with Crippen LogP contribution in [0.4, 0.5) is 0 Å². The molecule has 0 fully saturated rings. The highest BCUT2D eigenvalue weighted by Gasteiger charge is 2.41. The van der Waals surface area contributed by atoms with E-state index in [0.29, 0.717) is 84.1 Å². The standard InChI is InChI=1S/2C24H40N2O2.C21H40N2O3.2C20H40N2O2/c2*1-23(2,3)22(28)19(14-10-11-15-25)17-21(27)20(26-24(4,5)6)16-18-12-8-7-9-13-18;1-14(2)16(13-20(4,5)6)19(26)23-17(18(25)21(7,8)9)11-10-12-22-15(3)24;2*1-14(2)17(22-20(6,7)8)16(23)13-15(11-9-10-12-21)18(24)19(3,4)5/h2*7-9,12-13,19-20,26H,10-11,14-17,25H2,1-6H3;14,16-17H,10-13H2,1-9H3,(H,22,24)(H,23,26);2*14-15,17,22H,9-13,21H2,1-8H3. The van der Waals surface area contributed by atoms with Crippen molar-refractivity contribution in [2.75, 3.05) is 32.7 Å². The van der Waals surface area contributed by atoms with E-state index in [1.165, 1.54) is 6.92 Å². The number of carbonyl (C=O) groups is 11. The Hall–Kier alpha value is -5.91. The Morgan fingerprint density at radius 1 is 0.308 bits per heavy atom. The molecule has 0 aliphatic heterocycles. The quantitative estimate of drug-likeness (QED) is 0.0275. The fourth-order valence-corrected chi connectivity index (χ4v) is 15.7. The van der Waals surface area contributed by atoms with Crippen LogP contribution in [-0.2, 0) is 65.6 Å². The van der Waals surface area contributed by atoms with Crippen LogP contribution in [-0.4, -0.2) is 149 Å². The van der Waals surface area contributed by atoms with Gasteiger partial charge >= 0.3 is 0 Å². The van der Waals surface area contributed by atoms with E-state index in [4.69, 9.17) is 22.9 Å². The second-order valence-electron chi connectivity index (χ2n) is 48.5. The number of nitrogens with two attached hydrogens (primary N) is 4. The minimum absolute atomic E-state index is 0.0342. The van der Waals surface area contributed by atoms with Crippen molar-refractivity contribution < 1.29 is 52.7 Å². The number of benzene rings is 2. The number of nitrogens with one attached hydrogen (secondary N) is 6. The van der Waals surface area contributed by atoms with E-state index in [1.54, 1.807) is 0 Å². The molecule has 752 valence electrons. The number of unbranched alkanes of at least 4 members (excludes halogenated alkanes) is 4. The highest BCUT2D eigenvalue weighted by atomic mass is 16.2. The van der Waals surface area contributed by atoms with Crippen molar-refractivity contribution in [2.45, 2.75) is 443 Å². The predicted molar refractivity (Wildman–Crippen MR) is 545 cm³/mol. The second kappa shape index (κ2) is 60.5. The van der Waals surface area contributed by atoms with Crippen molar-refractivity contribution in [1.29, 1.82) is 0 Å². The molecular weight excluding hydrogens is 1630 g/mol. The minimum Gasteiger partial charge on any atom is -0.356 e. The molecule has 0 bridgehead atoms. The van der Waals surface area contributed by atoms with E-state index in [0.717, 1.165) is 94.6 Å². The molecule has 10 unspecified atom stereocenters. The smallest absolute Gasteiger partial charge is 0.223 e. The van der Waals surface area contributed by atoms with Gasteiger partial charge in [-0.1, -0.05) is 253 Å².